The molecule has 3 atom stereocenters. The summed E-state index contributed by atoms with van der Waals surface area (Å²) in [6.45, 7) is 1.14. The molecular weight excluding hydrogens is 354 g/mol. The lowest BCUT2D eigenvalue weighted by Crippen LogP contribution is -2.43. The third kappa shape index (κ3) is 4.02. The molecule has 1 unspecified atom stereocenters. The zero-order chi connectivity index (χ0) is 16.4. The first-order valence-electron chi connectivity index (χ1n) is 8.19. The van der Waals surface area contributed by atoms with E-state index in [1.54, 1.807) is 12.1 Å². The Morgan fingerprint density at radius 2 is 2.17 bits per heavy atom. The van der Waals surface area contributed by atoms with Crippen molar-refractivity contribution in [2.45, 2.75) is 50.4 Å². The smallest absolute Gasteiger partial charge is 0.251 e. The Kier molecular flexibility index (Phi) is 6.87. The number of benzene rings is 1. The molecule has 1 aromatic rings. The Balaban J connectivity index is 0.00000208. The van der Waals surface area contributed by atoms with Crippen LogP contribution >= 0.6 is 24.0 Å². The number of hydrogen-bond donors (Lipinski definition) is 1. The van der Waals surface area contributed by atoms with Crippen LogP contribution in [0.4, 0.5) is 4.39 Å². The summed E-state index contributed by atoms with van der Waals surface area (Å²) in [5, 5.41) is 0.421. The largest absolute Gasteiger partial charge is 0.364 e. The molecule has 4 nitrogen and oxygen atoms in total. The molecule has 2 aliphatic heterocycles. The Morgan fingerprint density at radius 3 is 2.83 bits per heavy atom. The normalized spacial score (nSPS) is 26.5. The molecule has 0 radical (unpaired) electrons. The molecule has 24 heavy (non-hydrogen) atoms. The van der Waals surface area contributed by atoms with E-state index in [-0.39, 0.29) is 36.3 Å². The zero-order valence-electron chi connectivity index (χ0n) is 13.4. The van der Waals surface area contributed by atoms with Gasteiger partial charge in [0.2, 0.25) is 0 Å². The number of carbonyl (C=O) groups excluding carboxylic acids is 1. The molecule has 3 rings (SSSR count). The van der Waals surface area contributed by atoms with Gasteiger partial charge in [-0.15, -0.1) is 12.4 Å². The summed E-state index contributed by atoms with van der Waals surface area (Å²) in [5.74, 6) is -0.298. The second kappa shape index (κ2) is 8.48. The first-order chi connectivity index (χ1) is 11.1. The van der Waals surface area contributed by atoms with Crippen LogP contribution in [0.25, 0.3) is 0 Å². The van der Waals surface area contributed by atoms with Crippen molar-refractivity contribution in [2.24, 2.45) is 5.73 Å². The van der Waals surface area contributed by atoms with E-state index in [2.05, 4.69) is 0 Å². The topological polar surface area (TPSA) is 55.6 Å². The maximum absolute atomic E-state index is 14.0. The van der Waals surface area contributed by atoms with Crippen LogP contribution in [0.2, 0.25) is 5.02 Å². The molecule has 2 heterocycles. The summed E-state index contributed by atoms with van der Waals surface area (Å²) in [7, 11) is 0. The molecule has 0 aliphatic carbocycles. The van der Waals surface area contributed by atoms with Crippen molar-refractivity contribution in [3.8, 4) is 0 Å². The van der Waals surface area contributed by atoms with Crippen molar-refractivity contribution >= 4 is 29.9 Å². The number of ether oxygens (including phenoxy) is 1. The quantitative estimate of drug-likeness (QED) is 0.878. The number of rotatable bonds is 4. The highest BCUT2D eigenvalue weighted by atomic mass is 35.5. The molecule has 7 heteroatoms. The highest BCUT2D eigenvalue weighted by Crippen LogP contribution is 2.29. The lowest BCUT2D eigenvalue weighted by Gasteiger charge is -2.28. The van der Waals surface area contributed by atoms with Gasteiger partial charge in [-0.3, -0.25) is 4.79 Å². The summed E-state index contributed by atoms with van der Waals surface area (Å²) < 4.78 is 19.7. The lowest BCUT2D eigenvalue weighted by molar-refractivity contribution is -0.143. The average Bonchev–Trinajstić information content (AvgIpc) is 3.19. The van der Waals surface area contributed by atoms with Crippen LogP contribution in [0, 0.1) is 5.82 Å². The van der Waals surface area contributed by atoms with Crippen molar-refractivity contribution in [2.75, 3.05) is 13.1 Å². The molecule has 134 valence electrons. The van der Waals surface area contributed by atoms with Crippen LogP contribution in [0.15, 0.2) is 18.2 Å². The van der Waals surface area contributed by atoms with Crippen LogP contribution in [0.5, 0.6) is 0 Å². The molecule has 2 saturated heterocycles. The van der Waals surface area contributed by atoms with Crippen LogP contribution < -0.4 is 5.73 Å². The summed E-state index contributed by atoms with van der Waals surface area (Å²) in [6, 6.07) is 4.68. The van der Waals surface area contributed by atoms with Crippen molar-refractivity contribution in [3.63, 3.8) is 0 Å². The predicted molar refractivity (Wildman–Crippen MR) is 94.0 cm³/mol. The number of likely N-dealkylation sites (tertiary alicyclic amines) is 1. The maximum atomic E-state index is 14.0. The van der Waals surface area contributed by atoms with Crippen LogP contribution in [-0.4, -0.2) is 42.1 Å². The minimum Gasteiger partial charge on any atom is -0.364 e. The molecule has 1 amide bonds. The third-order valence-corrected chi connectivity index (χ3v) is 5.16. The molecule has 2 fully saturated rings. The van der Waals surface area contributed by atoms with E-state index >= 15 is 0 Å². The van der Waals surface area contributed by atoms with E-state index in [9.17, 15) is 9.18 Å². The number of nitrogens with zero attached hydrogens (tertiary/aromatic N) is 1. The number of halogens is 3. The summed E-state index contributed by atoms with van der Waals surface area (Å²) in [5.41, 5.74) is 6.10. The Morgan fingerprint density at radius 1 is 1.38 bits per heavy atom. The zero-order valence-corrected chi connectivity index (χ0v) is 15.0. The van der Waals surface area contributed by atoms with Gasteiger partial charge in [-0.25, -0.2) is 4.39 Å². The number of carbonyl (C=O) groups is 1. The lowest BCUT2D eigenvalue weighted by atomic mass is 10.0. The fraction of sp³-hybridized carbons (Fsp3) is 0.588. The highest BCUT2D eigenvalue weighted by molar-refractivity contribution is 6.31. The van der Waals surface area contributed by atoms with E-state index in [0.717, 1.165) is 19.3 Å². The average molecular weight is 377 g/mol. The Bertz CT molecular complexity index is 567. The second-order valence-corrected chi connectivity index (χ2v) is 6.70. The molecule has 0 bridgehead atoms. The van der Waals surface area contributed by atoms with Gasteiger partial charge in [-0.2, -0.15) is 0 Å². The van der Waals surface area contributed by atoms with E-state index in [1.807, 2.05) is 4.90 Å². The van der Waals surface area contributed by atoms with Crippen molar-refractivity contribution < 1.29 is 13.9 Å². The van der Waals surface area contributed by atoms with Crippen molar-refractivity contribution in [3.05, 3.63) is 34.6 Å². The third-order valence-electron chi connectivity index (χ3n) is 4.81. The molecule has 0 spiro atoms. The van der Waals surface area contributed by atoms with Crippen LogP contribution in [0.1, 0.15) is 31.2 Å². The van der Waals surface area contributed by atoms with Crippen molar-refractivity contribution in [1.82, 2.24) is 4.90 Å². The first kappa shape index (κ1) is 19.4. The molecule has 1 aromatic carbocycles. The van der Waals surface area contributed by atoms with Gasteiger partial charge in [0.05, 0.1) is 6.10 Å². The van der Waals surface area contributed by atoms with Crippen LogP contribution in [0.3, 0.4) is 0 Å². The fourth-order valence-corrected chi connectivity index (χ4v) is 3.79. The monoisotopic (exact) mass is 376 g/mol. The predicted octanol–water partition coefficient (Wildman–Crippen LogP) is 2.94. The minimum absolute atomic E-state index is 0. The van der Waals surface area contributed by atoms with E-state index in [4.69, 9.17) is 22.1 Å². The van der Waals surface area contributed by atoms with Crippen LogP contribution in [-0.2, 0) is 16.0 Å². The van der Waals surface area contributed by atoms with E-state index in [1.165, 1.54) is 6.07 Å². The summed E-state index contributed by atoms with van der Waals surface area (Å²) >= 11 is 6.12. The van der Waals surface area contributed by atoms with Gasteiger partial charge < -0.3 is 15.4 Å². The van der Waals surface area contributed by atoms with Gasteiger partial charge in [0.15, 0.2) is 0 Å². The number of hydrogen-bond acceptors (Lipinski definition) is 3. The standard InChI is InChI=1S/C17H22ClFN2O2.ClH/c18-14-4-1-5-15(19)13(14)9-11-3-2-8-21(11)17(22)16-7-6-12(10-20)23-16;/h1,4-5,11-12,16H,2-3,6-10,20H2;1H/t11?,12-,16+;/m1./s1. The Hall–Kier alpha value is -0.880. The highest BCUT2D eigenvalue weighted by Gasteiger charge is 2.37. The van der Waals surface area contributed by atoms with Gasteiger partial charge in [0.1, 0.15) is 11.9 Å². The maximum Gasteiger partial charge on any atom is 0.251 e. The molecule has 2 N–H and O–H groups in total. The molecule has 2 aliphatic rings. The molecule has 0 saturated carbocycles. The van der Waals surface area contributed by atoms with Gasteiger partial charge >= 0.3 is 0 Å². The number of nitrogens with two attached hydrogens (primary N) is 1. The van der Waals surface area contributed by atoms with Crippen molar-refractivity contribution in [1.29, 1.82) is 0 Å². The fourth-order valence-electron chi connectivity index (χ4n) is 3.55. The SMILES string of the molecule is Cl.NC[C@H]1CC[C@@H](C(=O)N2CCCC2Cc2c(F)cccc2Cl)O1. The molecular formula is C17H23Cl2FN2O2. The van der Waals surface area contributed by atoms with E-state index < -0.39 is 6.10 Å². The number of amides is 1. The first-order valence-corrected chi connectivity index (χ1v) is 8.57. The van der Waals surface area contributed by atoms with Gasteiger partial charge in [-0.05, 0) is 44.2 Å². The second-order valence-electron chi connectivity index (χ2n) is 6.29. The van der Waals surface area contributed by atoms with E-state index in [0.29, 0.717) is 36.5 Å². The summed E-state index contributed by atoms with van der Waals surface area (Å²) in [6.07, 6.45) is 3.35. The Labute approximate surface area is 152 Å². The van der Waals surface area contributed by atoms with Gasteiger partial charge in [0, 0.05) is 29.7 Å². The minimum atomic E-state index is -0.403. The summed E-state index contributed by atoms with van der Waals surface area (Å²) in [4.78, 5) is 14.6. The van der Waals surface area contributed by atoms with Gasteiger partial charge in [-0.1, -0.05) is 17.7 Å². The van der Waals surface area contributed by atoms with Gasteiger partial charge in [0.25, 0.3) is 5.91 Å². The molecule has 0 aromatic heterocycles.